The third kappa shape index (κ3) is 5.07. The predicted molar refractivity (Wildman–Crippen MR) is 126 cm³/mol. The quantitative estimate of drug-likeness (QED) is 0.483. The van der Waals surface area contributed by atoms with Gasteiger partial charge in [0.15, 0.2) is 3.95 Å². The Kier molecular flexibility index (Phi) is 7.46. The highest BCUT2D eigenvalue weighted by Crippen LogP contribution is 2.30. The van der Waals surface area contributed by atoms with E-state index in [1.54, 1.807) is 11.3 Å². The SMILES string of the molecule is Cl.Cn1c(-c2ccc(F)cc2)c(CCN2CCN(c3ccccc3)CC2)sc1=S. The Labute approximate surface area is 186 Å². The minimum atomic E-state index is -0.210. The number of nitrogens with zero attached hydrogens (tertiary/aromatic N) is 3. The van der Waals surface area contributed by atoms with Gasteiger partial charge in [-0.05, 0) is 60.6 Å². The van der Waals surface area contributed by atoms with Gasteiger partial charge in [-0.1, -0.05) is 18.2 Å². The van der Waals surface area contributed by atoms with Crippen LogP contribution in [0.15, 0.2) is 54.6 Å². The lowest BCUT2D eigenvalue weighted by atomic mass is 10.1. The van der Waals surface area contributed by atoms with E-state index in [4.69, 9.17) is 12.2 Å². The van der Waals surface area contributed by atoms with Crippen LogP contribution in [-0.2, 0) is 13.5 Å². The van der Waals surface area contributed by atoms with Crippen LogP contribution in [0.5, 0.6) is 0 Å². The molecule has 29 heavy (non-hydrogen) atoms. The lowest BCUT2D eigenvalue weighted by molar-refractivity contribution is 0.261. The van der Waals surface area contributed by atoms with E-state index in [0.717, 1.165) is 54.4 Å². The topological polar surface area (TPSA) is 11.4 Å². The van der Waals surface area contributed by atoms with Gasteiger partial charge in [0.25, 0.3) is 0 Å². The van der Waals surface area contributed by atoms with Crippen LogP contribution in [0.1, 0.15) is 4.88 Å². The van der Waals surface area contributed by atoms with Crippen molar-refractivity contribution in [3.8, 4) is 11.3 Å². The highest BCUT2D eigenvalue weighted by atomic mass is 35.5. The summed E-state index contributed by atoms with van der Waals surface area (Å²) in [4.78, 5) is 6.26. The number of hydrogen-bond acceptors (Lipinski definition) is 4. The molecule has 0 spiro atoms. The maximum Gasteiger partial charge on any atom is 0.161 e. The Bertz CT molecular complexity index is 978. The molecule has 4 rings (SSSR count). The van der Waals surface area contributed by atoms with E-state index in [2.05, 4.69) is 44.7 Å². The van der Waals surface area contributed by atoms with Gasteiger partial charge < -0.3 is 9.47 Å². The first-order chi connectivity index (χ1) is 13.6. The molecule has 0 N–H and O–H groups in total. The Morgan fingerprint density at radius 2 is 1.62 bits per heavy atom. The van der Waals surface area contributed by atoms with Crippen molar-refractivity contribution in [3.05, 3.63) is 69.2 Å². The Morgan fingerprint density at radius 3 is 2.28 bits per heavy atom. The largest absolute Gasteiger partial charge is 0.369 e. The van der Waals surface area contributed by atoms with E-state index < -0.39 is 0 Å². The number of rotatable bonds is 5. The fourth-order valence-corrected chi connectivity index (χ4v) is 5.14. The van der Waals surface area contributed by atoms with Crippen LogP contribution in [0.4, 0.5) is 10.1 Å². The molecule has 7 heteroatoms. The minimum absolute atomic E-state index is 0. The summed E-state index contributed by atoms with van der Waals surface area (Å²) >= 11 is 7.19. The average molecular weight is 450 g/mol. The zero-order valence-corrected chi connectivity index (χ0v) is 18.8. The number of benzene rings is 2. The van der Waals surface area contributed by atoms with Crippen LogP contribution >= 0.6 is 36.0 Å². The molecule has 1 saturated heterocycles. The normalized spacial score (nSPS) is 14.6. The summed E-state index contributed by atoms with van der Waals surface area (Å²) in [6.45, 7) is 5.27. The predicted octanol–water partition coefficient (Wildman–Crippen LogP) is 5.41. The van der Waals surface area contributed by atoms with Crippen LogP contribution < -0.4 is 4.90 Å². The number of aromatic nitrogens is 1. The monoisotopic (exact) mass is 449 g/mol. The molecule has 2 heterocycles. The van der Waals surface area contributed by atoms with Crippen LogP contribution in [-0.4, -0.2) is 42.2 Å². The standard InChI is InChI=1S/C22H24FN3S2.ClH/c1-24-21(17-7-9-18(23)10-8-17)20(28-22(24)27)11-12-25-13-15-26(16-14-25)19-5-3-2-4-6-19;/h2-10H,11-16H2,1H3;1H. The van der Waals surface area contributed by atoms with Gasteiger partial charge in [-0.3, -0.25) is 4.90 Å². The minimum Gasteiger partial charge on any atom is -0.369 e. The smallest absolute Gasteiger partial charge is 0.161 e. The van der Waals surface area contributed by atoms with Crippen LogP contribution in [0, 0.1) is 9.77 Å². The first-order valence-electron chi connectivity index (χ1n) is 9.59. The van der Waals surface area contributed by atoms with Crippen molar-refractivity contribution in [1.29, 1.82) is 0 Å². The number of halogens is 2. The van der Waals surface area contributed by atoms with Crippen molar-refractivity contribution in [2.24, 2.45) is 7.05 Å². The zero-order chi connectivity index (χ0) is 19.5. The van der Waals surface area contributed by atoms with Gasteiger partial charge in [-0.25, -0.2) is 4.39 Å². The summed E-state index contributed by atoms with van der Waals surface area (Å²) in [6, 6.07) is 17.3. The number of thiazole rings is 1. The fraction of sp³-hybridized carbons (Fsp3) is 0.318. The third-order valence-electron chi connectivity index (χ3n) is 5.35. The lowest BCUT2D eigenvalue weighted by Crippen LogP contribution is -2.46. The summed E-state index contributed by atoms with van der Waals surface area (Å²) in [6.07, 6.45) is 0.965. The van der Waals surface area contributed by atoms with Crippen molar-refractivity contribution in [2.45, 2.75) is 6.42 Å². The van der Waals surface area contributed by atoms with Gasteiger partial charge >= 0.3 is 0 Å². The molecule has 3 aromatic rings. The third-order valence-corrected chi connectivity index (χ3v) is 6.97. The second-order valence-corrected chi connectivity index (χ2v) is 8.85. The Morgan fingerprint density at radius 1 is 0.966 bits per heavy atom. The molecule has 0 saturated carbocycles. The lowest BCUT2D eigenvalue weighted by Gasteiger charge is -2.36. The second kappa shape index (κ2) is 9.85. The average Bonchev–Trinajstić information content (AvgIpc) is 3.02. The molecule has 1 aliphatic rings. The molecule has 0 radical (unpaired) electrons. The zero-order valence-electron chi connectivity index (χ0n) is 16.4. The Hall–Kier alpha value is -1.73. The van der Waals surface area contributed by atoms with Gasteiger partial charge in [0, 0.05) is 50.3 Å². The molecule has 0 aliphatic carbocycles. The van der Waals surface area contributed by atoms with E-state index in [1.807, 2.05) is 19.2 Å². The Balaban J connectivity index is 0.00000240. The van der Waals surface area contributed by atoms with E-state index >= 15 is 0 Å². The van der Waals surface area contributed by atoms with E-state index in [1.165, 1.54) is 22.7 Å². The van der Waals surface area contributed by atoms with Crippen molar-refractivity contribution >= 4 is 41.6 Å². The van der Waals surface area contributed by atoms with Crippen LogP contribution in [0.25, 0.3) is 11.3 Å². The summed E-state index contributed by atoms with van der Waals surface area (Å²) in [5, 5.41) is 0. The van der Waals surface area contributed by atoms with E-state index in [0.29, 0.717) is 0 Å². The highest BCUT2D eigenvalue weighted by Gasteiger charge is 2.19. The van der Waals surface area contributed by atoms with Crippen molar-refractivity contribution in [2.75, 3.05) is 37.6 Å². The highest BCUT2D eigenvalue weighted by molar-refractivity contribution is 7.73. The van der Waals surface area contributed by atoms with Crippen molar-refractivity contribution < 1.29 is 4.39 Å². The summed E-state index contributed by atoms with van der Waals surface area (Å²) in [5.41, 5.74) is 3.46. The van der Waals surface area contributed by atoms with E-state index in [9.17, 15) is 4.39 Å². The van der Waals surface area contributed by atoms with Gasteiger partial charge in [-0.2, -0.15) is 0 Å². The van der Waals surface area contributed by atoms with Crippen molar-refractivity contribution in [3.63, 3.8) is 0 Å². The first kappa shape index (κ1) is 22.0. The van der Waals surface area contributed by atoms with Gasteiger partial charge in [-0.15, -0.1) is 23.7 Å². The number of para-hydroxylation sites is 1. The van der Waals surface area contributed by atoms with Gasteiger partial charge in [0.05, 0.1) is 5.69 Å². The molecule has 1 aliphatic heterocycles. The van der Waals surface area contributed by atoms with Crippen LogP contribution in [0.3, 0.4) is 0 Å². The molecule has 3 nitrogen and oxygen atoms in total. The van der Waals surface area contributed by atoms with Crippen LogP contribution in [0.2, 0.25) is 0 Å². The fourth-order valence-electron chi connectivity index (χ4n) is 3.76. The number of anilines is 1. The number of hydrogen-bond donors (Lipinski definition) is 0. The molecular weight excluding hydrogens is 425 g/mol. The van der Waals surface area contributed by atoms with Crippen molar-refractivity contribution in [1.82, 2.24) is 9.47 Å². The molecule has 1 aromatic heterocycles. The molecule has 0 bridgehead atoms. The summed E-state index contributed by atoms with van der Waals surface area (Å²) in [5.74, 6) is -0.210. The molecule has 0 unspecified atom stereocenters. The first-order valence-corrected chi connectivity index (χ1v) is 10.8. The number of piperazine rings is 1. The molecule has 154 valence electrons. The second-order valence-electron chi connectivity index (χ2n) is 7.12. The molecule has 0 amide bonds. The molecule has 0 atom stereocenters. The van der Waals surface area contributed by atoms with E-state index in [-0.39, 0.29) is 18.2 Å². The molecule has 1 fully saturated rings. The maximum atomic E-state index is 13.3. The molecular formula is C22H25ClFN3S2. The van der Waals surface area contributed by atoms with Gasteiger partial charge in [0.2, 0.25) is 0 Å². The molecule has 2 aromatic carbocycles. The summed E-state index contributed by atoms with van der Waals surface area (Å²) in [7, 11) is 2.00. The maximum absolute atomic E-state index is 13.3. The van der Waals surface area contributed by atoms with Gasteiger partial charge in [0.1, 0.15) is 5.82 Å². The summed E-state index contributed by atoms with van der Waals surface area (Å²) < 4.78 is 16.2.